The molecule has 0 bridgehead atoms. The van der Waals surface area contributed by atoms with Gasteiger partial charge in [-0.15, -0.1) is 0 Å². The third kappa shape index (κ3) is 5.97. The molecule has 1 heterocycles. The van der Waals surface area contributed by atoms with E-state index >= 15 is 0 Å². The maximum absolute atomic E-state index is 12.8. The van der Waals surface area contributed by atoms with Crippen LogP contribution in [0, 0.1) is 5.92 Å². The number of nitrogens with one attached hydrogen (secondary N) is 1. The van der Waals surface area contributed by atoms with Gasteiger partial charge in [0.15, 0.2) is 0 Å². The molecule has 0 radical (unpaired) electrons. The predicted octanol–water partition coefficient (Wildman–Crippen LogP) is 5.36. The van der Waals surface area contributed by atoms with Crippen molar-refractivity contribution >= 4 is 5.91 Å². The highest BCUT2D eigenvalue weighted by molar-refractivity contribution is 5.76. The molecule has 1 aliphatic carbocycles. The monoisotopic (exact) mass is 448 g/mol. The summed E-state index contributed by atoms with van der Waals surface area (Å²) in [6, 6.07) is 19.6. The number of ether oxygens (including phenoxy) is 1. The van der Waals surface area contributed by atoms with E-state index in [1.54, 1.807) is 7.11 Å². The molecule has 1 aliphatic heterocycles. The summed E-state index contributed by atoms with van der Waals surface area (Å²) in [7, 11) is 3.98. The van der Waals surface area contributed by atoms with Crippen LogP contribution in [0.4, 0.5) is 0 Å². The summed E-state index contributed by atoms with van der Waals surface area (Å²) in [5, 5.41) is 3.41. The fourth-order valence-electron chi connectivity index (χ4n) is 6.11. The Kier molecular flexibility index (Phi) is 8.08. The van der Waals surface area contributed by atoms with E-state index in [2.05, 4.69) is 65.8 Å². The minimum atomic E-state index is 0.132. The molecule has 1 saturated heterocycles. The number of amides is 1. The fourth-order valence-corrected chi connectivity index (χ4v) is 6.11. The first-order valence-corrected chi connectivity index (χ1v) is 12.8. The molecule has 1 saturated carbocycles. The van der Waals surface area contributed by atoms with E-state index in [-0.39, 0.29) is 17.4 Å². The molecule has 178 valence electrons. The number of carbonyl (C=O) groups is 1. The van der Waals surface area contributed by atoms with Gasteiger partial charge in [0.25, 0.3) is 0 Å². The number of hydrogen-bond acceptors (Lipinski definition) is 3. The molecule has 1 N–H and O–H groups in total. The number of piperidine rings is 1. The highest BCUT2D eigenvalue weighted by atomic mass is 16.5. The Hall–Kier alpha value is -2.33. The van der Waals surface area contributed by atoms with Crippen LogP contribution in [0.1, 0.15) is 62.5 Å². The largest absolute Gasteiger partial charge is 0.497 e. The van der Waals surface area contributed by atoms with Gasteiger partial charge in [-0.1, -0.05) is 48.9 Å². The van der Waals surface area contributed by atoms with Crippen LogP contribution in [0.15, 0.2) is 54.6 Å². The lowest BCUT2D eigenvalue weighted by atomic mass is 9.58. The fraction of sp³-hybridized carbons (Fsp3) is 0.552. The second-order valence-electron chi connectivity index (χ2n) is 10.2. The molecule has 2 aromatic rings. The van der Waals surface area contributed by atoms with Crippen molar-refractivity contribution in [3.8, 4) is 5.75 Å². The van der Waals surface area contributed by atoms with E-state index in [0.717, 1.165) is 63.8 Å². The van der Waals surface area contributed by atoms with Crippen LogP contribution in [0.25, 0.3) is 0 Å². The van der Waals surface area contributed by atoms with Gasteiger partial charge < -0.3 is 15.0 Å². The highest BCUT2D eigenvalue weighted by Crippen LogP contribution is 2.49. The first-order valence-electron chi connectivity index (χ1n) is 12.8. The Labute approximate surface area is 199 Å². The lowest BCUT2D eigenvalue weighted by Gasteiger charge is -2.52. The van der Waals surface area contributed by atoms with E-state index in [4.69, 9.17) is 4.74 Å². The van der Waals surface area contributed by atoms with Crippen LogP contribution in [0.5, 0.6) is 5.75 Å². The van der Waals surface area contributed by atoms with E-state index in [1.807, 2.05) is 6.07 Å². The molecule has 33 heavy (non-hydrogen) atoms. The number of likely N-dealkylation sites (tertiary alicyclic amines) is 1. The van der Waals surface area contributed by atoms with Gasteiger partial charge in [0, 0.05) is 24.4 Å². The summed E-state index contributed by atoms with van der Waals surface area (Å²) >= 11 is 0. The van der Waals surface area contributed by atoms with E-state index in [9.17, 15) is 4.79 Å². The minimum Gasteiger partial charge on any atom is -0.497 e. The van der Waals surface area contributed by atoms with Gasteiger partial charge in [0.2, 0.25) is 5.91 Å². The molecule has 0 aromatic heterocycles. The van der Waals surface area contributed by atoms with E-state index < -0.39 is 0 Å². The maximum Gasteiger partial charge on any atom is 0.220 e. The zero-order valence-corrected chi connectivity index (χ0v) is 20.4. The smallest absolute Gasteiger partial charge is 0.220 e. The molecule has 4 heteroatoms. The van der Waals surface area contributed by atoms with Gasteiger partial charge >= 0.3 is 0 Å². The van der Waals surface area contributed by atoms with Gasteiger partial charge in [-0.25, -0.2) is 0 Å². The molecule has 2 aromatic carbocycles. The standard InChI is InChI=1S/C29H40N2O2/c1-31-19-18-29(24-13-9-14-27(20-24)33-2)21-26(17-16-25(29)22-31)30-28(32)15-8-4-7-12-23-10-5-3-6-11-23/h3,5-6,9-11,13-14,20,25-26H,4,7-8,12,15-19,21-22H2,1-2H3,(H,30,32)/t25-,26-,29+/m1/s1. The van der Waals surface area contributed by atoms with E-state index in [1.165, 1.54) is 17.5 Å². The number of unbranched alkanes of at least 4 members (excludes halogenated alkanes) is 2. The number of carbonyl (C=O) groups excluding carboxylic acids is 1. The molecule has 2 aliphatic rings. The maximum atomic E-state index is 12.8. The molecule has 0 unspecified atom stereocenters. The second kappa shape index (κ2) is 11.2. The Bertz CT molecular complexity index is 900. The first kappa shape index (κ1) is 23.8. The number of fused-ring (bicyclic) bond motifs is 1. The summed E-state index contributed by atoms with van der Waals surface area (Å²) in [5.41, 5.74) is 2.91. The van der Waals surface area contributed by atoms with Crippen LogP contribution in [-0.4, -0.2) is 44.1 Å². The number of hydrogen-bond donors (Lipinski definition) is 1. The summed E-state index contributed by atoms with van der Waals surface area (Å²) in [5.74, 6) is 1.79. The molecule has 4 rings (SSSR count). The SMILES string of the molecule is COc1cccc([C@@]23CCN(C)C[C@H]2CC[C@@H](NC(=O)CCCCCc2ccccc2)C3)c1. The number of aryl methyl sites for hydroxylation is 1. The molecular formula is C29H40N2O2. The summed E-state index contributed by atoms with van der Waals surface area (Å²) in [6.07, 6.45) is 9.41. The second-order valence-corrected chi connectivity index (χ2v) is 10.2. The average Bonchev–Trinajstić information content (AvgIpc) is 2.84. The van der Waals surface area contributed by atoms with Gasteiger partial charge in [-0.05, 0) is 87.7 Å². The van der Waals surface area contributed by atoms with Crippen molar-refractivity contribution < 1.29 is 9.53 Å². The first-order chi connectivity index (χ1) is 16.1. The quantitative estimate of drug-likeness (QED) is 0.525. The third-order valence-corrected chi connectivity index (χ3v) is 7.95. The zero-order chi connectivity index (χ0) is 23.1. The Balaban J connectivity index is 1.32. The normalized spacial score (nSPS) is 25.3. The zero-order valence-electron chi connectivity index (χ0n) is 20.4. The van der Waals surface area contributed by atoms with Crippen molar-refractivity contribution in [2.75, 3.05) is 27.2 Å². The van der Waals surface area contributed by atoms with Crippen LogP contribution in [0.3, 0.4) is 0 Å². The average molecular weight is 449 g/mol. The van der Waals surface area contributed by atoms with Crippen LogP contribution in [0.2, 0.25) is 0 Å². The molecule has 4 nitrogen and oxygen atoms in total. The van der Waals surface area contributed by atoms with Crippen molar-refractivity contribution in [3.63, 3.8) is 0 Å². The molecular weight excluding hydrogens is 408 g/mol. The number of benzene rings is 2. The Morgan fingerprint density at radius 2 is 1.94 bits per heavy atom. The minimum absolute atomic E-state index is 0.132. The Morgan fingerprint density at radius 3 is 2.76 bits per heavy atom. The van der Waals surface area contributed by atoms with Crippen molar-refractivity contribution in [1.29, 1.82) is 0 Å². The van der Waals surface area contributed by atoms with Crippen molar-refractivity contribution in [1.82, 2.24) is 10.2 Å². The molecule has 0 spiro atoms. The van der Waals surface area contributed by atoms with Crippen molar-refractivity contribution in [2.45, 2.75) is 69.2 Å². The van der Waals surface area contributed by atoms with Gasteiger partial charge in [-0.2, -0.15) is 0 Å². The van der Waals surface area contributed by atoms with Crippen LogP contribution < -0.4 is 10.1 Å². The lowest BCUT2D eigenvalue weighted by molar-refractivity contribution is -0.122. The number of nitrogens with zero attached hydrogens (tertiary/aromatic N) is 1. The number of rotatable bonds is 9. The third-order valence-electron chi connectivity index (χ3n) is 7.95. The predicted molar refractivity (Wildman–Crippen MR) is 135 cm³/mol. The topological polar surface area (TPSA) is 41.6 Å². The van der Waals surface area contributed by atoms with Crippen molar-refractivity contribution in [2.24, 2.45) is 5.92 Å². The van der Waals surface area contributed by atoms with Gasteiger partial charge in [-0.3, -0.25) is 4.79 Å². The van der Waals surface area contributed by atoms with E-state index in [0.29, 0.717) is 12.3 Å². The molecule has 2 fully saturated rings. The molecule has 3 atom stereocenters. The van der Waals surface area contributed by atoms with Crippen LogP contribution >= 0.6 is 0 Å². The van der Waals surface area contributed by atoms with Crippen LogP contribution in [-0.2, 0) is 16.6 Å². The summed E-state index contributed by atoms with van der Waals surface area (Å²) < 4.78 is 5.55. The van der Waals surface area contributed by atoms with Gasteiger partial charge in [0.05, 0.1) is 7.11 Å². The molecule has 1 amide bonds. The number of methoxy groups -OCH3 is 1. The van der Waals surface area contributed by atoms with Crippen molar-refractivity contribution in [3.05, 3.63) is 65.7 Å². The summed E-state index contributed by atoms with van der Waals surface area (Å²) in [4.78, 5) is 15.2. The summed E-state index contributed by atoms with van der Waals surface area (Å²) in [6.45, 7) is 2.25. The van der Waals surface area contributed by atoms with Gasteiger partial charge in [0.1, 0.15) is 5.75 Å². The highest BCUT2D eigenvalue weighted by Gasteiger charge is 2.47. The lowest BCUT2D eigenvalue weighted by Crippen LogP contribution is -2.55. The Morgan fingerprint density at radius 1 is 1.09 bits per heavy atom.